The zero-order valence-corrected chi connectivity index (χ0v) is 8.95. The van der Waals surface area contributed by atoms with Crippen LogP contribution in [0.15, 0.2) is 18.3 Å². The number of imidazole rings is 1. The third-order valence-corrected chi connectivity index (χ3v) is 2.60. The van der Waals surface area contributed by atoms with E-state index < -0.39 is 0 Å². The molecule has 0 unspecified atom stereocenters. The molecule has 78 valence electrons. The van der Waals surface area contributed by atoms with E-state index >= 15 is 0 Å². The van der Waals surface area contributed by atoms with Crippen LogP contribution >= 0.6 is 11.6 Å². The largest absolute Gasteiger partial charge is 0.324 e. The van der Waals surface area contributed by atoms with Gasteiger partial charge in [-0.05, 0) is 18.6 Å². The maximum atomic E-state index is 11.4. The number of nitrogens with zero attached hydrogens (tertiary/aromatic N) is 2. The van der Waals surface area contributed by atoms with Gasteiger partial charge in [0.15, 0.2) is 5.78 Å². The Kier molecular flexibility index (Phi) is 2.46. The van der Waals surface area contributed by atoms with Gasteiger partial charge in [-0.15, -0.1) is 0 Å². The summed E-state index contributed by atoms with van der Waals surface area (Å²) in [6.45, 7) is 1.83. The molecule has 0 fully saturated rings. The molecule has 0 aliphatic heterocycles. The summed E-state index contributed by atoms with van der Waals surface area (Å²) in [7, 11) is 0. The van der Waals surface area contributed by atoms with Crippen LogP contribution in [0.4, 0.5) is 0 Å². The normalized spacial score (nSPS) is 10.9. The maximum Gasteiger partial charge on any atom is 0.197 e. The fraction of sp³-hybridized carbons (Fsp3) is 0.200. The predicted molar refractivity (Wildman–Crippen MR) is 58.3 cm³/mol. The predicted octanol–water partition coefficient (Wildman–Crippen LogP) is 1.44. The highest BCUT2D eigenvalue weighted by molar-refractivity contribution is 6.33. The van der Waals surface area contributed by atoms with E-state index in [-0.39, 0.29) is 18.0 Å². The van der Waals surface area contributed by atoms with Crippen molar-refractivity contribution in [3.05, 3.63) is 34.7 Å². The van der Waals surface area contributed by atoms with Crippen molar-refractivity contribution >= 4 is 23.0 Å². The summed E-state index contributed by atoms with van der Waals surface area (Å²) in [5.41, 5.74) is 7.18. The molecule has 0 saturated heterocycles. The van der Waals surface area contributed by atoms with E-state index in [1.807, 2.05) is 19.1 Å². The second-order valence-electron chi connectivity index (χ2n) is 3.26. The number of nitrogens with two attached hydrogens (primary N) is 1. The van der Waals surface area contributed by atoms with Crippen LogP contribution in [0, 0.1) is 6.92 Å². The molecule has 0 aromatic carbocycles. The first kappa shape index (κ1) is 10.1. The highest BCUT2D eigenvalue weighted by Gasteiger charge is 2.16. The first-order valence-electron chi connectivity index (χ1n) is 4.51. The molecule has 4 nitrogen and oxygen atoms in total. The van der Waals surface area contributed by atoms with Gasteiger partial charge in [-0.25, -0.2) is 4.98 Å². The Morgan fingerprint density at radius 1 is 1.67 bits per heavy atom. The lowest BCUT2D eigenvalue weighted by Crippen LogP contribution is -2.14. The van der Waals surface area contributed by atoms with Crippen molar-refractivity contribution in [2.75, 3.05) is 6.54 Å². The minimum atomic E-state index is -0.247. The number of halogens is 1. The van der Waals surface area contributed by atoms with Crippen LogP contribution < -0.4 is 5.73 Å². The van der Waals surface area contributed by atoms with Crippen molar-refractivity contribution in [3.8, 4) is 0 Å². The monoisotopic (exact) mass is 223 g/mol. The molecular weight excluding hydrogens is 214 g/mol. The lowest BCUT2D eigenvalue weighted by molar-refractivity contribution is 0.0997. The summed E-state index contributed by atoms with van der Waals surface area (Å²) in [6.07, 6.45) is 1.77. The highest BCUT2D eigenvalue weighted by Crippen LogP contribution is 2.20. The van der Waals surface area contributed by atoms with E-state index in [0.29, 0.717) is 10.8 Å². The molecule has 0 aliphatic rings. The smallest absolute Gasteiger partial charge is 0.197 e. The van der Waals surface area contributed by atoms with Gasteiger partial charge in [0.2, 0.25) is 0 Å². The van der Waals surface area contributed by atoms with Gasteiger partial charge in [0.25, 0.3) is 0 Å². The van der Waals surface area contributed by atoms with Crippen LogP contribution in [-0.2, 0) is 0 Å². The Labute approximate surface area is 91.7 Å². The van der Waals surface area contributed by atoms with Gasteiger partial charge in [0, 0.05) is 6.20 Å². The lowest BCUT2D eigenvalue weighted by atomic mass is 10.3. The number of hydrogen-bond acceptors (Lipinski definition) is 3. The van der Waals surface area contributed by atoms with Gasteiger partial charge in [-0.3, -0.25) is 9.20 Å². The SMILES string of the molecule is Cc1cccn2c(Cl)c(C(=O)CN)nc12. The summed E-state index contributed by atoms with van der Waals surface area (Å²) >= 11 is 6.03. The minimum Gasteiger partial charge on any atom is -0.324 e. The molecule has 0 aliphatic carbocycles. The summed E-state index contributed by atoms with van der Waals surface area (Å²) in [5, 5.41) is 0.323. The van der Waals surface area contributed by atoms with Gasteiger partial charge < -0.3 is 5.73 Å². The maximum absolute atomic E-state index is 11.4. The summed E-state index contributed by atoms with van der Waals surface area (Å²) in [6, 6.07) is 3.77. The van der Waals surface area contributed by atoms with Crippen molar-refractivity contribution in [1.82, 2.24) is 9.38 Å². The Balaban J connectivity index is 2.75. The zero-order chi connectivity index (χ0) is 11.0. The Hall–Kier alpha value is -1.39. The molecule has 2 N–H and O–H groups in total. The zero-order valence-electron chi connectivity index (χ0n) is 8.20. The fourth-order valence-corrected chi connectivity index (χ4v) is 1.73. The molecular formula is C10H10ClN3O. The molecule has 2 aromatic rings. The number of carbonyl (C=O) groups excluding carboxylic acids is 1. The molecule has 0 amide bonds. The second-order valence-corrected chi connectivity index (χ2v) is 3.62. The van der Waals surface area contributed by atoms with Crippen LogP contribution in [0.1, 0.15) is 16.1 Å². The first-order valence-corrected chi connectivity index (χ1v) is 4.89. The molecule has 2 aromatic heterocycles. The van der Waals surface area contributed by atoms with Crippen LogP contribution in [0.5, 0.6) is 0 Å². The summed E-state index contributed by atoms with van der Waals surface area (Å²) < 4.78 is 1.68. The van der Waals surface area contributed by atoms with Gasteiger partial charge in [0.1, 0.15) is 16.5 Å². The topological polar surface area (TPSA) is 60.4 Å². The quantitative estimate of drug-likeness (QED) is 0.784. The number of ketones is 1. The lowest BCUT2D eigenvalue weighted by Gasteiger charge is -1.96. The Morgan fingerprint density at radius 2 is 2.40 bits per heavy atom. The third kappa shape index (κ3) is 1.52. The average Bonchev–Trinajstić information content (AvgIpc) is 2.57. The molecule has 0 atom stereocenters. The van der Waals surface area contributed by atoms with Gasteiger partial charge in [0.05, 0.1) is 6.54 Å². The van der Waals surface area contributed by atoms with E-state index in [1.54, 1.807) is 10.6 Å². The molecule has 15 heavy (non-hydrogen) atoms. The first-order chi connectivity index (χ1) is 7.15. The second kappa shape index (κ2) is 3.64. The summed E-state index contributed by atoms with van der Waals surface area (Å²) in [4.78, 5) is 15.6. The Bertz CT molecular complexity index is 533. The van der Waals surface area contributed by atoms with E-state index in [9.17, 15) is 4.79 Å². The van der Waals surface area contributed by atoms with Crippen LogP contribution in [0.25, 0.3) is 5.65 Å². The van der Waals surface area contributed by atoms with E-state index in [4.69, 9.17) is 17.3 Å². The van der Waals surface area contributed by atoms with Crippen LogP contribution in [0.2, 0.25) is 5.15 Å². The van der Waals surface area contributed by atoms with E-state index in [2.05, 4.69) is 4.98 Å². The highest BCUT2D eigenvalue weighted by atomic mass is 35.5. The van der Waals surface area contributed by atoms with Gasteiger partial charge in [-0.2, -0.15) is 0 Å². The van der Waals surface area contributed by atoms with E-state index in [1.165, 1.54) is 0 Å². The fourth-order valence-electron chi connectivity index (χ4n) is 1.45. The molecule has 2 heterocycles. The van der Waals surface area contributed by atoms with Crippen LogP contribution in [-0.4, -0.2) is 21.7 Å². The molecule has 5 heteroatoms. The summed E-state index contributed by atoms with van der Waals surface area (Å²) in [5.74, 6) is -0.247. The van der Waals surface area contributed by atoms with Crippen molar-refractivity contribution < 1.29 is 4.79 Å². The van der Waals surface area contributed by atoms with Crippen molar-refractivity contribution in [3.63, 3.8) is 0 Å². The number of aromatic nitrogens is 2. The van der Waals surface area contributed by atoms with Gasteiger partial charge in [-0.1, -0.05) is 17.7 Å². The van der Waals surface area contributed by atoms with Crippen molar-refractivity contribution in [2.45, 2.75) is 6.92 Å². The standard InChI is InChI=1S/C10H10ClN3O/c1-6-3-2-4-14-9(11)8(7(15)5-12)13-10(6)14/h2-4H,5,12H2,1H3. The molecule has 0 spiro atoms. The molecule has 0 bridgehead atoms. The Morgan fingerprint density at radius 3 is 3.00 bits per heavy atom. The number of carbonyl (C=O) groups is 1. The van der Waals surface area contributed by atoms with Crippen molar-refractivity contribution in [1.29, 1.82) is 0 Å². The number of Topliss-reactive ketones (excluding diaryl/α,β-unsaturated/α-hetero) is 1. The minimum absolute atomic E-state index is 0.0807. The van der Waals surface area contributed by atoms with Crippen LogP contribution in [0.3, 0.4) is 0 Å². The number of fused-ring (bicyclic) bond motifs is 1. The number of rotatable bonds is 2. The third-order valence-electron chi connectivity index (χ3n) is 2.24. The van der Waals surface area contributed by atoms with Crippen molar-refractivity contribution in [2.24, 2.45) is 5.73 Å². The molecule has 2 rings (SSSR count). The molecule has 0 radical (unpaired) electrons. The number of aryl methyl sites for hydroxylation is 1. The van der Waals surface area contributed by atoms with E-state index in [0.717, 1.165) is 5.56 Å². The van der Waals surface area contributed by atoms with Gasteiger partial charge >= 0.3 is 0 Å². The number of hydrogen-bond donors (Lipinski definition) is 1. The molecule has 0 saturated carbocycles. The average molecular weight is 224 g/mol. The number of pyridine rings is 1.